The number of imidazole rings is 1. The molecule has 0 saturated heterocycles. The number of carbonyl (C=O) groups excluding carboxylic acids is 1. The van der Waals surface area contributed by atoms with Crippen LogP contribution in [0.15, 0.2) is 22.4 Å². The first-order valence-corrected chi connectivity index (χ1v) is 9.70. The smallest absolute Gasteiger partial charge is 0.317 e. The minimum Gasteiger partial charge on any atom is -0.341 e. The van der Waals surface area contributed by atoms with Crippen LogP contribution in [0.1, 0.15) is 30.3 Å². The molecule has 134 valence electrons. The Labute approximate surface area is 153 Å². The number of rotatable bonds is 2. The van der Waals surface area contributed by atoms with Crippen molar-refractivity contribution in [1.29, 1.82) is 0 Å². The number of fused-ring (bicyclic) bond motifs is 2. The van der Waals surface area contributed by atoms with Gasteiger partial charge in [-0.1, -0.05) is 0 Å². The highest BCUT2D eigenvalue weighted by atomic mass is 32.1. The summed E-state index contributed by atoms with van der Waals surface area (Å²) in [4.78, 5) is 33.3. The molecule has 0 unspecified atom stereocenters. The predicted octanol–water partition coefficient (Wildman–Crippen LogP) is 2.49. The minimum absolute atomic E-state index is 0.0594. The van der Waals surface area contributed by atoms with Crippen molar-refractivity contribution in [3.05, 3.63) is 39.5 Å². The summed E-state index contributed by atoms with van der Waals surface area (Å²) in [5, 5.41) is 5.79. The Balaban J connectivity index is 1.67. The van der Waals surface area contributed by atoms with Crippen LogP contribution in [0.2, 0.25) is 0 Å². The molecule has 1 fully saturated rings. The molecule has 3 aromatic rings. The van der Waals surface area contributed by atoms with E-state index in [1.54, 1.807) is 30.6 Å². The molecule has 1 saturated carbocycles. The molecule has 5 rings (SSSR count). The number of hydrogen-bond acceptors (Lipinski definition) is 4. The van der Waals surface area contributed by atoms with E-state index in [-0.39, 0.29) is 11.6 Å². The lowest BCUT2D eigenvalue weighted by molar-refractivity contribution is 0.185. The number of thiophene rings is 1. The second-order valence-electron chi connectivity index (χ2n) is 6.89. The van der Waals surface area contributed by atoms with E-state index in [0.29, 0.717) is 19.0 Å². The molecule has 7 nitrogen and oxygen atoms in total. The predicted molar refractivity (Wildman–Crippen MR) is 101 cm³/mol. The van der Waals surface area contributed by atoms with Gasteiger partial charge in [0.05, 0.1) is 17.9 Å². The van der Waals surface area contributed by atoms with Crippen molar-refractivity contribution in [1.82, 2.24) is 24.8 Å². The molecule has 0 bridgehead atoms. The summed E-state index contributed by atoms with van der Waals surface area (Å²) in [5.41, 5.74) is 2.98. The molecular weight excluding hydrogens is 350 g/mol. The number of H-pyrrole nitrogens is 1. The Morgan fingerprint density at radius 2 is 2.23 bits per heavy atom. The third-order valence-electron chi connectivity index (χ3n) is 5.22. The van der Waals surface area contributed by atoms with E-state index in [4.69, 9.17) is 4.98 Å². The molecule has 2 N–H and O–H groups in total. The molecule has 26 heavy (non-hydrogen) atoms. The molecule has 4 heterocycles. The highest BCUT2D eigenvalue weighted by Crippen LogP contribution is 2.43. The van der Waals surface area contributed by atoms with Crippen LogP contribution in [0, 0.1) is 0 Å². The van der Waals surface area contributed by atoms with Crippen LogP contribution >= 0.6 is 11.3 Å². The van der Waals surface area contributed by atoms with E-state index in [1.807, 2.05) is 4.90 Å². The molecule has 1 aliphatic carbocycles. The third-order valence-corrected chi connectivity index (χ3v) is 6.16. The number of pyridine rings is 1. The maximum absolute atomic E-state index is 12.1. The molecule has 3 aromatic heterocycles. The number of aromatic nitrogens is 3. The lowest BCUT2D eigenvalue weighted by Crippen LogP contribution is -2.43. The van der Waals surface area contributed by atoms with E-state index in [0.717, 1.165) is 39.4 Å². The minimum atomic E-state index is -0.0952. The van der Waals surface area contributed by atoms with Gasteiger partial charge in [-0.05, 0) is 12.8 Å². The highest BCUT2D eigenvalue weighted by molar-refractivity contribution is 7.17. The van der Waals surface area contributed by atoms with E-state index >= 15 is 0 Å². The zero-order chi connectivity index (χ0) is 17.8. The third kappa shape index (κ3) is 2.36. The van der Waals surface area contributed by atoms with Gasteiger partial charge in [-0.25, -0.2) is 9.78 Å². The Bertz CT molecular complexity index is 1080. The van der Waals surface area contributed by atoms with Gasteiger partial charge in [-0.15, -0.1) is 11.3 Å². The first kappa shape index (κ1) is 15.6. The normalized spacial score (nSPS) is 16.7. The van der Waals surface area contributed by atoms with Gasteiger partial charge < -0.3 is 19.8 Å². The number of nitrogens with one attached hydrogen (secondary N) is 2. The van der Waals surface area contributed by atoms with Gasteiger partial charge in [0, 0.05) is 59.3 Å². The lowest BCUT2D eigenvalue weighted by atomic mass is 10.1. The van der Waals surface area contributed by atoms with E-state index in [1.165, 1.54) is 12.8 Å². The number of amides is 2. The zero-order valence-electron chi connectivity index (χ0n) is 14.4. The fourth-order valence-electron chi connectivity index (χ4n) is 3.73. The average molecular weight is 369 g/mol. The molecule has 0 spiro atoms. The maximum atomic E-state index is 12.1. The van der Waals surface area contributed by atoms with Crippen LogP contribution < -0.4 is 10.9 Å². The molecular formula is C18H19N5O2S. The molecule has 2 amide bonds. The first-order chi connectivity index (χ1) is 12.7. The quantitative estimate of drug-likeness (QED) is 0.728. The molecule has 8 heteroatoms. The number of hydrogen-bond donors (Lipinski definition) is 2. The summed E-state index contributed by atoms with van der Waals surface area (Å²) < 4.78 is 3.26. The Morgan fingerprint density at radius 3 is 3.00 bits per heavy atom. The summed E-state index contributed by atoms with van der Waals surface area (Å²) in [6.07, 6.45) is 4.14. The maximum Gasteiger partial charge on any atom is 0.317 e. The van der Waals surface area contributed by atoms with Crippen molar-refractivity contribution in [2.24, 2.45) is 0 Å². The van der Waals surface area contributed by atoms with Gasteiger partial charge in [-0.3, -0.25) is 4.79 Å². The monoisotopic (exact) mass is 369 g/mol. The van der Waals surface area contributed by atoms with Gasteiger partial charge >= 0.3 is 6.03 Å². The highest BCUT2D eigenvalue weighted by Gasteiger charge is 2.34. The number of urea groups is 1. The second kappa shape index (κ2) is 5.70. The van der Waals surface area contributed by atoms with E-state index in [9.17, 15) is 9.59 Å². The van der Waals surface area contributed by atoms with Crippen LogP contribution in [0.3, 0.4) is 0 Å². The molecule has 0 atom stereocenters. The van der Waals surface area contributed by atoms with E-state index in [2.05, 4.69) is 20.2 Å². The van der Waals surface area contributed by atoms with Crippen LogP contribution in [0.4, 0.5) is 4.79 Å². The van der Waals surface area contributed by atoms with E-state index < -0.39 is 0 Å². The number of aromatic amines is 1. The SMILES string of the molecule is CNC(=O)N1CCn2c(C3CC3)nc(-c3csc4cc(=O)[nH]cc34)c2C1. The van der Waals surface area contributed by atoms with Crippen molar-refractivity contribution < 1.29 is 4.79 Å². The fourth-order valence-corrected chi connectivity index (χ4v) is 4.68. The molecule has 0 radical (unpaired) electrons. The second-order valence-corrected chi connectivity index (χ2v) is 7.80. The summed E-state index contributed by atoms with van der Waals surface area (Å²) >= 11 is 1.56. The van der Waals surface area contributed by atoms with Gasteiger partial charge in [-0.2, -0.15) is 0 Å². The van der Waals surface area contributed by atoms with Crippen molar-refractivity contribution in [2.45, 2.75) is 31.8 Å². The Hall–Kier alpha value is -2.61. The summed E-state index contributed by atoms with van der Waals surface area (Å²) in [6, 6.07) is 1.57. The fraction of sp³-hybridized carbons (Fsp3) is 0.389. The summed E-state index contributed by atoms with van der Waals surface area (Å²) in [6.45, 7) is 2.02. The lowest BCUT2D eigenvalue weighted by Gasteiger charge is -2.29. The van der Waals surface area contributed by atoms with Crippen molar-refractivity contribution in [3.63, 3.8) is 0 Å². The molecule has 2 aliphatic rings. The number of nitrogens with zero attached hydrogens (tertiary/aromatic N) is 3. The molecule has 1 aliphatic heterocycles. The Morgan fingerprint density at radius 1 is 1.38 bits per heavy atom. The summed E-state index contributed by atoms with van der Waals surface area (Å²) in [5.74, 6) is 1.69. The van der Waals surface area contributed by atoms with Crippen molar-refractivity contribution in [2.75, 3.05) is 13.6 Å². The van der Waals surface area contributed by atoms with Crippen molar-refractivity contribution in [3.8, 4) is 11.3 Å². The van der Waals surface area contributed by atoms with Crippen LogP contribution in [0.5, 0.6) is 0 Å². The zero-order valence-corrected chi connectivity index (χ0v) is 15.2. The largest absolute Gasteiger partial charge is 0.341 e. The summed E-state index contributed by atoms with van der Waals surface area (Å²) in [7, 11) is 1.66. The van der Waals surface area contributed by atoms with Gasteiger partial charge in [0.15, 0.2) is 0 Å². The van der Waals surface area contributed by atoms with Gasteiger partial charge in [0.2, 0.25) is 5.56 Å². The van der Waals surface area contributed by atoms with Crippen LogP contribution in [0.25, 0.3) is 21.3 Å². The van der Waals surface area contributed by atoms with Gasteiger partial charge in [0.25, 0.3) is 0 Å². The number of carbonyl (C=O) groups is 1. The van der Waals surface area contributed by atoms with Gasteiger partial charge in [0.1, 0.15) is 5.82 Å². The molecule has 0 aromatic carbocycles. The Kier molecular flexibility index (Phi) is 3.43. The standard InChI is InChI=1S/C18H19N5O2S/c1-19-18(25)22-4-5-23-13(8-22)16(21-17(23)10-2-3-10)12-9-26-14-6-15(24)20-7-11(12)14/h6-7,9-10H,2-5,8H2,1H3,(H,19,25)(H,20,24). The first-order valence-electron chi connectivity index (χ1n) is 8.82. The average Bonchev–Trinajstić information content (AvgIpc) is 3.31. The van der Waals surface area contributed by atoms with Crippen LogP contribution in [-0.2, 0) is 13.1 Å². The topological polar surface area (TPSA) is 83.0 Å². The van der Waals surface area contributed by atoms with Crippen molar-refractivity contribution >= 4 is 27.5 Å². The van der Waals surface area contributed by atoms with Crippen LogP contribution in [-0.4, -0.2) is 39.1 Å².